The van der Waals surface area contributed by atoms with E-state index in [0.29, 0.717) is 0 Å². The van der Waals surface area contributed by atoms with Gasteiger partial charge >= 0.3 is 0 Å². The van der Waals surface area contributed by atoms with E-state index in [0.717, 1.165) is 43.2 Å². The highest BCUT2D eigenvalue weighted by atomic mass is 35.5. The van der Waals surface area contributed by atoms with Crippen LogP contribution in [-0.2, 0) is 0 Å². The van der Waals surface area contributed by atoms with Crippen LogP contribution in [0, 0.1) is 0 Å². The second kappa shape index (κ2) is 6.36. The fourth-order valence-corrected chi connectivity index (χ4v) is 4.73. The summed E-state index contributed by atoms with van der Waals surface area (Å²) < 4.78 is 2.11. The number of aromatic nitrogens is 3. The molecule has 0 fully saturated rings. The Morgan fingerprint density at radius 3 is 2.35 bits per heavy atom. The Hall–Kier alpha value is -2.47. The maximum atomic E-state index is 5.98. The molecular weight excluding hydrogens is 382 g/mol. The number of nitrogens with zero attached hydrogens (tertiary/aromatic N) is 3. The second-order valence-corrected chi connectivity index (χ2v) is 7.94. The van der Waals surface area contributed by atoms with Gasteiger partial charge in [0.25, 0.3) is 0 Å². The predicted octanol–water partition coefficient (Wildman–Crippen LogP) is 6.51. The highest BCUT2D eigenvalue weighted by Crippen LogP contribution is 2.33. The first kappa shape index (κ1) is 15.8. The van der Waals surface area contributed by atoms with Crippen LogP contribution in [0.25, 0.3) is 38.2 Å². The molecule has 5 aromatic rings. The monoisotopic (exact) mass is 393 g/mol. The molecule has 3 aromatic heterocycles. The van der Waals surface area contributed by atoms with Crippen LogP contribution in [0.1, 0.15) is 0 Å². The van der Waals surface area contributed by atoms with Crippen molar-refractivity contribution < 1.29 is 0 Å². The lowest BCUT2D eigenvalue weighted by Gasteiger charge is -1.97. The van der Waals surface area contributed by atoms with E-state index in [1.54, 1.807) is 22.7 Å². The van der Waals surface area contributed by atoms with Gasteiger partial charge in [-0.05, 0) is 12.1 Å². The Kier molecular flexibility index (Phi) is 3.85. The number of hydrogen-bond donors (Lipinski definition) is 0. The van der Waals surface area contributed by atoms with Gasteiger partial charge in [0.1, 0.15) is 5.01 Å². The van der Waals surface area contributed by atoms with Crippen molar-refractivity contribution in [3.8, 4) is 33.2 Å². The molecule has 0 aliphatic rings. The summed E-state index contributed by atoms with van der Waals surface area (Å²) in [5.74, 6) is 0. The van der Waals surface area contributed by atoms with Gasteiger partial charge in [-0.15, -0.1) is 22.7 Å². The Bertz CT molecular complexity index is 1190. The number of fused-ring (bicyclic) bond motifs is 1. The van der Waals surface area contributed by atoms with Gasteiger partial charge in [0.2, 0.25) is 0 Å². The van der Waals surface area contributed by atoms with Crippen molar-refractivity contribution in [1.82, 2.24) is 14.4 Å². The van der Waals surface area contributed by atoms with E-state index in [2.05, 4.69) is 33.5 Å². The minimum Gasteiger partial charge on any atom is -0.287 e. The number of imidazole rings is 1. The first-order valence-electron chi connectivity index (χ1n) is 8.02. The molecule has 0 saturated carbocycles. The first-order chi connectivity index (χ1) is 12.8. The molecule has 0 amide bonds. The smallest absolute Gasteiger partial charge is 0.194 e. The molecule has 0 atom stereocenters. The van der Waals surface area contributed by atoms with Crippen LogP contribution in [0.4, 0.5) is 0 Å². The molecule has 0 aliphatic heterocycles. The Labute approximate surface area is 163 Å². The molecule has 3 heterocycles. The van der Waals surface area contributed by atoms with E-state index in [9.17, 15) is 0 Å². The Balaban J connectivity index is 1.56. The maximum Gasteiger partial charge on any atom is 0.194 e. The normalized spacial score (nSPS) is 11.3. The van der Waals surface area contributed by atoms with Crippen molar-refractivity contribution in [1.29, 1.82) is 0 Å². The summed E-state index contributed by atoms with van der Waals surface area (Å²) in [5.41, 5.74) is 5.21. The summed E-state index contributed by atoms with van der Waals surface area (Å²) in [7, 11) is 0. The standard InChI is InChI=1S/C20H12ClN3S2/c21-15-8-6-14(7-9-15)16-10-24-18(12-26-20(24)23-16)19-22-17(11-25-19)13-4-2-1-3-5-13/h1-12H. The van der Waals surface area contributed by atoms with E-state index in [4.69, 9.17) is 21.6 Å². The third-order valence-electron chi connectivity index (χ3n) is 4.14. The molecule has 0 aliphatic carbocycles. The zero-order valence-electron chi connectivity index (χ0n) is 13.5. The van der Waals surface area contributed by atoms with Gasteiger partial charge in [-0.1, -0.05) is 54.1 Å². The summed E-state index contributed by atoms with van der Waals surface area (Å²) >= 11 is 9.26. The number of rotatable bonds is 3. The molecule has 3 nitrogen and oxygen atoms in total. The third-order valence-corrected chi connectivity index (χ3v) is 6.10. The van der Waals surface area contributed by atoms with Gasteiger partial charge in [-0.2, -0.15) is 0 Å². The molecule has 0 spiro atoms. The lowest BCUT2D eigenvalue weighted by Crippen LogP contribution is -1.84. The fraction of sp³-hybridized carbons (Fsp3) is 0. The number of thiazole rings is 2. The van der Waals surface area contributed by atoms with Crippen molar-refractivity contribution >= 4 is 39.2 Å². The summed E-state index contributed by atoms with van der Waals surface area (Å²) in [5, 5.41) is 5.94. The lowest BCUT2D eigenvalue weighted by atomic mass is 10.2. The lowest BCUT2D eigenvalue weighted by molar-refractivity contribution is 1.22. The van der Waals surface area contributed by atoms with Gasteiger partial charge in [0.15, 0.2) is 4.96 Å². The summed E-state index contributed by atoms with van der Waals surface area (Å²) in [6, 6.07) is 18.0. The summed E-state index contributed by atoms with van der Waals surface area (Å²) in [6.07, 6.45) is 2.06. The minimum absolute atomic E-state index is 0.728. The maximum absolute atomic E-state index is 5.98. The molecular formula is C20H12ClN3S2. The topological polar surface area (TPSA) is 30.2 Å². The largest absolute Gasteiger partial charge is 0.287 e. The van der Waals surface area contributed by atoms with Gasteiger partial charge in [0.05, 0.1) is 17.1 Å². The molecule has 0 unspecified atom stereocenters. The van der Waals surface area contributed by atoms with Crippen LogP contribution in [0.15, 0.2) is 71.6 Å². The van der Waals surface area contributed by atoms with E-state index in [-0.39, 0.29) is 0 Å². The zero-order chi connectivity index (χ0) is 17.5. The molecule has 0 radical (unpaired) electrons. The van der Waals surface area contributed by atoms with Crippen molar-refractivity contribution in [2.75, 3.05) is 0 Å². The predicted molar refractivity (Wildman–Crippen MR) is 110 cm³/mol. The van der Waals surface area contributed by atoms with E-state index < -0.39 is 0 Å². The molecule has 0 N–H and O–H groups in total. The number of halogens is 1. The number of hydrogen-bond acceptors (Lipinski definition) is 4. The van der Waals surface area contributed by atoms with Gasteiger partial charge in [-0.3, -0.25) is 4.40 Å². The van der Waals surface area contributed by atoms with Crippen molar-refractivity contribution in [3.63, 3.8) is 0 Å². The van der Waals surface area contributed by atoms with E-state index in [1.807, 2.05) is 42.5 Å². The van der Waals surface area contributed by atoms with Crippen molar-refractivity contribution in [2.24, 2.45) is 0 Å². The van der Waals surface area contributed by atoms with Gasteiger partial charge in [-0.25, -0.2) is 9.97 Å². The highest BCUT2D eigenvalue weighted by molar-refractivity contribution is 7.16. The van der Waals surface area contributed by atoms with Crippen molar-refractivity contribution in [3.05, 3.63) is 76.6 Å². The highest BCUT2D eigenvalue weighted by Gasteiger charge is 2.14. The van der Waals surface area contributed by atoms with Gasteiger partial charge < -0.3 is 0 Å². The van der Waals surface area contributed by atoms with Crippen LogP contribution in [0.5, 0.6) is 0 Å². The molecule has 6 heteroatoms. The van der Waals surface area contributed by atoms with E-state index >= 15 is 0 Å². The average molecular weight is 394 g/mol. The Morgan fingerprint density at radius 1 is 0.769 bits per heavy atom. The van der Waals surface area contributed by atoms with Crippen LogP contribution >= 0.6 is 34.3 Å². The number of benzene rings is 2. The van der Waals surface area contributed by atoms with Crippen LogP contribution in [0.2, 0.25) is 5.02 Å². The molecule has 26 heavy (non-hydrogen) atoms. The van der Waals surface area contributed by atoms with Crippen molar-refractivity contribution in [2.45, 2.75) is 0 Å². The van der Waals surface area contributed by atoms with Crippen LogP contribution in [0.3, 0.4) is 0 Å². The summed E-state index contributed by atoms with van der Waals surface area (Å²) in [4.78, 5) is 10.5. The SMILES string of the molecule is Clc1ccc(-c2cn3c(-c4nc(-c5ccccc5)cs4)csc3n2)cc1. The average Bonchev–Trinajstić information content (AvgIpc) is 3.38. The van der Waals surface area contributed by atoms with Crippen LogP contribution in [-0.4, -0.2) is 14.4 Å². The first-order valence-corrected chi connectivity index (χ1v) is 10.2. The molecule has 126 valence electrons. The Morgan fingerprint density at radius 2 is 1.54 bits per heavy atom. The molecule has 0 saturated heterocycles. The molecule has 5 rings (SSSR count). The van der Waals surface area contributed by atoms with Crippen LogP contribution < -0.4 is 0 Å². The fourth-order valence-electron chi connectivity index (χ4n) is 2.83. The van der Waals surface area contributed by atoms with E-state index in [1.165, 1.54) is 0 Å². The zero-order valence-corrected chi connectivity index (χ0v) is 15.9. The minimum atomic E-state index is 0.728. The summed E-state index contributed by atoms with van der Waals surface area (Å²) in [6.45, 7) is 0. The quantitative estimate of drug-likeness (QED) is 0.350. The molecule has 2 aromatic carbocycles. The molecule has 0 bridgehead atoms. The second-order valence-electron chi connectivity index (χ2n) is 5.81. The third kappa shape index (κ3) is 2.74. The van der Waals surface area contributed by atoms with Gasteiger partial charge in [0, 0.05) is 33.1 Å².